The van der Waals surface area contributed by atoms with Gasteiger partial charge in [0.1, 0.15) is 0 Å². The summed E-state index contributed by atoms with van der Waals surface area (Å²) in [5.41, 5.74) is 5.15. The molecule has 0 saturated carbocycles. The zero-order valence-electron chi connectivity index (χ0n) is 18.4. The van der Waals surface area contributed by atoms with Crippen molar-refractivity contribution in [2.24, 2.45) is 0 Å². The van der Waals surface area contributed by atoms with Crippen LogP contribution in [-0.4, -0.2) is 60.1 Å². The van der Waals surface area contributed by atoms with E-state index < -0.39 is 0 Å². The van der Waals surface area contributed by atoms with E-state index in [1.54, 1.807) is 6.07 Å². The van der Waals surface area contributed by atoms with E-state index in [1.165, 1.54) is 5.69 Å². The molecule has 0 radical (unpaired) electrons. The summed E-state index contributed by atoms with van der Waals surface area (Å²) in [6.07, 6.45) is 0. The molecule has 8 heteroatoms. The molecule has 5 rings (SSSR count). The zero-order valence-corrected chi connectivity index (χ0v) is 18.4. The van der Waals surface area contributed by atoms with Gasteiger partial charge >= 0.3 is 0 Å². The number of rotatable bonds is 5. The Morgan fingerprint density at radius 1 is 1.00 bits per heavy atom. The molecule has 8 nitrogen and oxygen atoms in total. The molecule has 2 aromatic carbocycles. The number of carbonyl (C=O) groups excluding carboxylic acids is 1. The molecule has 2 aliphatic heterocycles. The molecule has 2 aliphatic rings. The number of ether oxygens (including phenoxy) is 2. The van der Waals surface area contributed by atoms with Crippen LogP contribution in [0, 0.1) is 13.8 Å². The number of aromatic nitrogens is 2. The van der Waals surface area contributed by atoms with Gasteiger partial charge in [-0.25, -0.2) is 4.68 Å². The molecule has 1 fully saturated rings. The lowest BCUT2D eigenvalue weighted by molar-refractivity contribution is -0.117. The first-order valence-electron chi connectivity index (χ1n) is 10.9. The number of aryl methyl sites for hydroxylation is 1. The van der Waals surface area contributed by atoms with Crippen molar-refractivity contribution in [3.05, 3.63) is 59.9 Å². The largest absolute Gasteiger partial charge is 0.454 e. The average molecular weight is 434 g/mol. The van der Waals surface area contributed by atoms with Crippen molar-refractivity contribution in [2.75, 3.05) is 49.7 Å². The quantitative estimate of drug-likeness (QED) is 0.667. The summed E-state index contributed by atoms with van der Waals surface area (Å²) in [5, 5.41) is 7.73. The second-order valence-corrected chi connectivity index (χ2v) is 8.15. The Labute approximate surface area is 187 Å². The first-order chi connectivity index (χ1) is 15.6. The number of fused-ring (bicyclic) bond motifs is 1. The second kappa shape index (κ2) is 8.55. The van der Waals surface area contributed by atoms with Gasteiger partial charge in [0.2, 0.25) is 12.7 Å². The van der Waals surface area contributed by atoms with Crippen LogP contribution in [0.2, 0.25) is 0 Å². The number of hydrogen-bond acceptors (Lipinski definition) is 6. The number of amides is 1. The summed E-state index contributed by atoms with van der Waals surface area (Å²) in [6.45, 7) is 8.14. The molecular formula is C24H27N5O3. The number of carbonyl (C=O) groups is 1. The van der Waals surface area contributed by atoms with Gasteiger partial charge < -0.3 is 19.7 Å². The van der Waals surface area contributed by atoms with Crippen molar-refractivity contribution in [1.29, 1.82) is 0 Å². The molecule has 32 heavy (non-hydrogen) atoms. The van der Waals surface area contributed by atoms with Crippen LogP contribution in [0.4, 0.5) is 11.4 Å². The molecule has 0 bridgehead atoms. The average Bonchev–Trinajstić information content (AvgIpc) is 3.38. The standard InChI is InChI=1S/C24H27N5O3/c1-17-24(18(2)29(26-17)20-6-4-3-5-7-20)28-12-10-27(11-13-28)15-23(30)25-19-8-9-21-22(14-19)32-16-31-21/h3-9,14H,10-13,15-16H2,1-2H3,(H,25,30). The maximum absolute atomic E-state index is 12.5. The minimum atomic E-state index is -0.0263. The van der Waals surface area contributed by atoms with Crippen molar-refractivity contribution in [2.45, 2.75) is 13.8 Å². The minimum Gasteiger partial charge on any atom is -0.454 e. The van der Waals surface area contributed by atoms with Crippen molar-refractivity contribution in [1.82, 2.24) is 14.7 Å². The van der Waals surface area contributed by atoms with Gasteiger partial charge in [-0.3, -0.25) is 9.69 Å². The molecule has 166 valence electrons. The Morgan fingerprint density at radius 3 is 2.53 bits per heavy atom. The molecule has 3 aromatic rings. The van der Waals surface area contributed by atoms with E-state index >= 15 is 0 Å². The number of para-hydroxylation sites is 1. The van der Waals surface area contributed by atoms with Crippen LogP contribution in [0.3, 0.4) is 0 Å². The number of hydrogen-bond donors (Lipinski definition) is 1. The van der Waals surface area contributed by atoms with Crippen molar-refractivity contribution in [3.8, 4) is 17.2 Å². The van der Waals surface area contributed by atoms with Crippen molar-refractivity contribution in [3.63, 3.8) is 0 Å². The molecule has 1 saturated heterocycles. The lowest BCUT2D eigenvalue weighted by Gasteiger charge is -2.35. The highest BCUT2D eigenvalue weighted by Crippen LogP contribution is 2.34. The first-order valence-corrected chi connectivity index (χ1v) is 10.9. The maximum atomic E-state index is 12.5. The van der Waals surface area contributed by atoms with E-state index in [2.05, 4.69) is 41.1 Å². The van der Waals surface area contributed by atoms with Gasteiger partial charge in [0.05, 0.1) is 29.3 Å². The van der Waals surface area contributed by atoms with Gasteiger partial charge in [0.15, 0.2) is 11.5 Å². The molecule has 0 spiro atoms. The smallest absolute Gasteiger partial charge is 0.238 e. The molecule has 0 unspecified atom stereocenters. The summed E-state index contributed by atoms with van der Waals surface area (Å²) in [6, 6.07) is 15.7. The van der Waals surface area contributed by atoms with Gasteiger partial charge in [0, 0.05) is 37.9 Å². The summed E-state index contributed by atoms with van der Waals surface area (Å²) in [7, 11) is 0. The lowest BCUT2D eigenvalue weighted by Crippen LogP contribution is -2.49. The van der Waals surface area contributed by atoms with E-state index in [4.69, 9.17) is 14.6 Å². The summed E-state index contributed by atoms with van der Waals surface area (Å²) >= 11 is 0. The van der Waals surface area contributed by atoms with E-state index in [-0.39, 0.29) is 12.7 Å². The molecular weight excluding hydrogens is 406 g/mol. The number of nitrogens with zero attached hydrogens (tertiary/aromatic N) is 4. The van der Waals surface area contributed by atoms with Gasteiger partial charge in [-0.15, -0.1) is 0 Å². The van der Waals surface area contributed by atoms with Crippen LogP contribution in [0.15, 0.2) is 48.5 Å². The SMILES string of the molecule is Cc1nn(-c2ccccc2)c(C)c1N1CCN(CC(=O)Nc2ccc3c(c2)OCO3)CC1. The number of anilines is 2. The van der Waals surface area contributed by atoms with E-state index in [1.807, 2.05) is 35.0 Å². The summed E-state index contributed by atoms with van der Waals surface area (Å²) in [5.74, 6) is 1.35. The molecule has 1 amide bonds. The summed E-state index contributed by atoms with van der Waals surface area (Å²) in [4.78, 5) is 17.1. The minimum absolute atomic E-state index is 0.0263. The fourth-order valence-corrected chi connectivity index (χ4v) is 4.42. The predicted molar refractivity (Wildman–Crippen MR) is 123 cm³/mol. The fourth-order valence-electron chi connectivity index (χ4n) is 4.42. The maximum Gasteiger partial charge on any atom is 0.238 e. The third-order valence-corrected chi connectivity index (χ3v) is 5.97. The Balaban J connectivity index is 1.19. The first kappa shape index (κ1) is 20.4. The van der Waals surface area contributed by atoms with Gasteiger partial charge in [-0.1, -0.05) is 18.2 Å². The molecule has 0 aliphatic carbocycles. The number of nitrogens with one attached hydrogen (secondary N) is 1. The van der Waals surface area contributed by atoms with Crippen molar-refractivity contribution >= 4 is 17.3 Å². The van der Waals surface area contributed by atoms with Crippen LogP contribution < -0.4 is 19.7 Å². The van der Waals surface area contributed by atoms with E-state index in [9.17, 15) is 4.79 Å². The topological polar surface area (TPSA) is 71.9 Å². The third-order valence-electron chi connectivity index (χ3n) is 5.97. The molecule has 1 N–H and O–H groups in total. The monoisotopic (exact) mass is 433 g/mol. The van der Waals surface area contributed by atoms with Crippen LogP contribution in [-0.2, 0) is 4.79 Å². The highest BCUT2D eigenvalue weighted by atomic mass is 16.7. The molecule has 0 atom stereocenters. The van der Waals surface area contributed by atoms with Gasteiger partial charge in [-0.05, 0) is 38.1 Å². The predicted octanol–water partition coefficient (Wildman–Crippen LogP) is 2.98. The normalized spacial score (nSPS) is 15.8. The van der Waals surface area contributed by atoms with Crippen molar-refractivity contribution < 1.29 is 14.3 Å². The zero-order chi connectivity index (χ0) is 22.1. The van der Waals surface area contributed by atoms with Crippen LogP contribution in [0.25, 0.3) is 5.69 Å². The van der Waals surface area contributed by atoms with Crippen LogP contribution in [0.5, 0.6) is 11.5 Å². The Kier molecular flexibility index (Phi) is 5.45. The van der Waals surface area contributed by atoms with Gasteiger partial charge in [0.25, 0.3) is 0 Å². The van der Waals surface area contributed by atoms with Gasteiger partial charge in [-0.2, -0.15) is 5.10 Å². The van der Waals surface area contributed by atoms with Crippen LogP contribution >= 0.6 is 0 Å². The fraction of sp³-hybridized carbons (Fsp3) is 0.333. The Hall–Kier alpha value is -3.52. The van der Waals surface area contributed by atoms with Crippen LogP contribution in [0.1, 0.15) is 11.4 Å². The highest BCUT2D eigenvalue weighted by molar-refractivity contribution is 5.92. The lowest BCUT2D eigenvalue weighted by atomic mass is 10.2. The number of piperazine rings is 1. The summed E-state index contributed by atoms with van der Waals surface area (Å²) < 4.78 is 12.7. The second-order valence-electron chi connectivity index (χ2n) is 8.15. The Bertz CT molecular complexity index is 1120. The molecule has 3 heterocycles. The highest BCUT2D eigenvalue weighted by Gasteiger charge is 2.24. The van der Waals surface area contributed by atoms with E-state index in [0.717, 1.165) is 48.9 Å². The van der Waals surface area contributed by atoms with E-state index in [0.29, 0.717) is 18.0 Å². The number of benzene rings is 2. The molecule has 1 aromatic heterocycles. The Morgan fingerprint density at radius 2 is 1.75 bits per heavy atom. The third kappa shape index (κ3) is 4.01.